The molecule has 0 spiro atoms. The number of hydrogen-bond donors (Lipinski definition) is 3. The molecule has 0 aliphatic rings. The van der Waals surface area contributed by atoms with E-state index in [9.17, 15) is 9.59 Å². The number of thioether (sulfide) groups is 1. The molecule has 0 saturated carbocycles. The largest absolute Gasteiger partial charge is 0.476 e. The molecular formula is C11H17N5O3S. The summed E-state index contributed by atoms with van der Waals surface area (Å²) in [7, 11) is 0. The highest BCUT2D eigenvalue weighted by Crippen LogP contribution is 1.96. The van der Waals surface area contributed by atoms with Crippen LogP contribution in [0.15, 0.2) is 18.9 Å². The second kappa shape index (κ2) is 8.97. The van der Waals surface area contributed by atoms with Crippen LogP contribution >= 0.6 is 11.8 Å². The number of carbonyl (C=O) groups is 2. The van der Waals surface area contributed by atoms with Gasteiger partial charge in [0.05, 0.1) is 12.7 Å². The zero-order valence-corrected chi connectivity index (χ0v) is 11.7. The number of urea groups is 1. The van der Waals surface area contributed by atoms with Crippen molar-refractivity contribution in [2.45, 2.75) is 6.54 Å². The lowest BCUT2D eigenvalue weighted by Crippen LogP contribution is -2.38. The first-order chi connectivity index (χ1) is 9.63. The fourth-order valence-corrected chi connectivity index (χ4v) is 1.84. The molecular weight excluding hydrogens is 282 g/mol. The highest BCUT2D eigenvalue weighted by atomic mass is 32.2. The van der Waals surface area contributed by atoms with Crippen LogP contribution in [0, 0.1) is 0 Å². The van der Waals surface area contributed by atoms with Crippen LogP contribution in [-0.2, 0) is 6.54 Å². The summed E-state index contributed by atoms with van der Waals surface area (Å²) in [6.45, 7) is 4.89. The van der Waals surface area contributed by atoms with Crippen LogP contribution in [0.25, 0.3) is 0 Å². The molecule has 0 saturated heterocycles. The van der Waals surface area contributed by atoms with E-state index < -0.39 is 5.97 Å². The molecule has 1 aromatic heterocycles. The van der Waals surface area contributed by atoms with Crippen LogP contribution in [-0.4, -0.2) is 56.7 Å². The molecule has 1 rings (SSSR count). The maximum atomic E-state index is 11.4. The van der Waals surface area contributed by atoms with Crippen LogP contribution in [0.1, 0.15) is 10.5 Å². The number of carbonyl (C=O) groups excluding carboxylic acids is 1. The van der Waals surface area contributed by atoms with Gasteiger partial charge in [0.25, 0.3) is 0 Å². The Morgan fingerprint density at radius 3 is 2.85 bits per heavy atom. The lowest BCUT2D eigenvalue weighted by molar-refractivity contribution is 0.0690. The van der Waals surface area contributed by atoms with E-state index in [1.807, 2.05) is 6.08 Å². The van der Waals surface area contributed by atoms with Gasteiger partial charge in [-0.05, 0) is 0 Å². The van der Waals surface area contributed by atoms with E-state index >= 15 is 0 Å². The van der Waals surface area contributed by atoms with Crippen molar-refractivity contribution in [2.75, 3.05) is 24.6 Å². The smallest absolute Gasteiger partial charge is 0.358 e. The van der Waals surface area contributed by atoms with Crippen molar-refractivity contribution in [3.05, 3.63) is 24.5 Å². The van der Waals surface area contributed by atoms with Crippen molar-refractivity contribution in [3.63, 3.8) is 0 Å². The van der Waals surface area contributed by atoms with E-state index in [1.165, 1.54) is 10.9 Å². The van der Waals surface area contributed by atoms with Crippen molar-refractivity contribution >= 4 is 23.8 Å². The van der Waals surface area contributed by atoms with Gasteiger partial charge < -0.3 is 15.7 Å². The van der Waals surface area contributed by atoms with Crippen molar-refractivity contribution in [2.24, 2.45) is 0 Å². The van der Waals surface area contributed by atoms with Gasteiger partial charge >= 0.3 is 12.0 Å². The predicted molar refractivity (Wildman–Crippen MR) is 75.9 cm³/mol. The number of amides is 2. The van der Waals surface area contributed by atoms with Gasteiger partial charge in [-0.1, -0.05) is 11.3 Å². The van der Waals surface area contributed by atoms with Gasteiger partial charge in [0, 0.05) is 24.6 Å². The fourth-order valence-electron chi connectivity index (χ4n) is 1.26. The Balaban J connectivity index is 2.11. The van der Waals surface area contributed by atoms with E-state index in [0.717, 1.165) is 11.5 Å². The Bertz CT molecular complexity index is 463. The summed E-state index contributed by atoms with van der Waals surface area (Å²) in [5.41, 5.74) is -0.117. The molecule has 0 aromatic carbocycles. The van der Waals surface area contributed by atoms with Crippen LogP contribution in [0.5, 0.6) is 0 Å². The monoisotopic (exact) mass is 299 g/mol. The standard InChI is InChI=1S/C11H17N5O3S/c1-2-6-20-7-4-13-11(19)12-3-5-16-8-9(10(17)18)14-15-16/h2,8H,1,3-7H2,(H,17,18)(H2,12,13,19). The van der Waals surface area contributed by atoms with Crippen LogP contribution in [0.3, 0.4) is 0 Å². The molecule has 9 heteroatoms. The molecule has 0 aliphatic heterocycles. The second-order valence-corrected chi connectivity index (χ2v) is 4.87. The van der Waals surface area contributed by atoms with Crippen LogP contribution < -0.4 is 10.6 Å². The molecule has 0 fully saturated rings. The number of carboxylic acid groups (broad SMARTS) is 1. The minimum atomic E-state index is -1.13. The quantitative estimate of drug-likeness (QED) is 0.444. The van der Waals surface area contributed by atoms with E-state index in [0.29, 0.717) is 19.6 Å². The number of aromatic carboxylic acids is 1. The normalized spacial score (nSPS) is 10.0. The van der Waals surface area contributed by atoms with Gasteiger partial charge in [-0.15, -0.1) is 11.7 Å². The molecule has 0 bridgehead atoms. The molecule has 0 atom stereocenters. The molecule has 110 valence electrons. The summed E-state index contributed by atoms with van der Waals surface area (Å²) >= 11 is 1.68. The highest BCUT2D eigenvalue weighted by Gasteiger charge is 2.07. The summed E-state index contributed by atoms with van der Waals surface area (Å²) in [4.78, 5) is 22.0. The summed E-state index contributed by atoms with van der Waals surface area (Å²) < 4.78 is 1.36. The third-order valence-corrected chi connectivity index (χ3v) is 3.12. The Hall–Kier alpha value is -2.03. The average Bonchev–Trinajstić information content (AvgIpc) is 2.87. The van der Waals surface area contributed by atoms with Gasteiger partial charge in [0.1, 0.15) is 0 Å². The highest BCUT2D eigenvalue weighted by molar-refractivity contribution is 7.99. The van der Waals surface area contributed by atoms with Crippen molar-refractivity contribution in [1.82, 2.24) is 25.6 Å². The molecule has 1 aromatic rings. The first-order valence-corrected chi connectivity index (χ1v) is 7.12. The Morgan fingerprint density at radius 1 is 1.45 bits per heavy atom. The summed E-state index contributed by atoms with van der Waals surface area (Å²) in [5, 5.41) is 21.1. The first kappa shape index (κ1) is 16.0. The molecule has 20 heavy (non-hydrogen) atoms. The molecule has 1 heterocycles. The lowest BCUT2D eigenvalue weighted by Gasteiger charge is -2.06. The number of aromatic nitrogens is 3. The predicted octanol–water partition coefficient (Wildman–Crippen LogP) is 0.195. The summed E-state index contributed by atoms with van der Waals surface area (Å²) in [6.07, 6.45) is 3.13. The lowest BCUT2D eigenvalue weighted by atomic mass is 10.5. The van der Waals surface area contributed by atoms with E-state index in [1.54, 1.807) is 11.8 Å². The molecule has 2 amide bonds. The van der Waals surface area contributed by atoms with Gasteiger partial charge in [-0.2, -0.15) is 11.8 Å². The van der Waals surface area contributed by atoms with Gasteiger partial charge in [-0.3, -0.25) is 0 Å². The van der Waals surface area contributed by atoms with E-state index in [2.05, 4.69) is 27.5 Å². The SMILES string of the molecule is C=CCSCCNC(=O)NCCn1cc(C(=O)O)nn1. The number of nitrogens with zero attached hydrogens (tertiary/aromatic N) is 3. The minimum absolute atomic E-state index is 0.117. The molecule has 0 radical (unpaired) electrons. The van der Waals surface area contributed by atoms with Gasteiger partial charge in [0.15, 0.2) is 5.69 Å². The van der Waals surface area contributed by atoms with Crippen LogP contribution in [0.2, 0.25) is 0 Å². The second-order valence-electron chi connectivity index (χ2n) is 3.72. The third-order valence-electron chi connectivity index (χ3n) is 2.15. The number of nitrogens with one attached hydrogen (secondary N) is 2. The summed E-state index contributed by atoms with van der Waals surface area (Å²) in [6, 6.07) is -0.261. The maximum Gasteiger partial charge on any atom is 0.358 e. The van der Waals surface area contributed by atoms with Crippen molar-refractivity contribution in [3.8, 4) is 0 Å². The Kier molecular flexibility index (Phi) is 7.18. The maximum absolute atomic E-state index is 11.4. The van der Waals surface area contributed by atoms with Gasteiger partial charge in [-0.25, -0.2) is 14.3 Å². The van der Waals surface area contributed by atoms with E-state index in [4.69, 9.17) is 5.11 Å². The molecule has 8 nitrogen and oxygen atoms in total. The number of carboxylic acids is 1. The number of hydrogen-bond acceptors (Lipinski definition) is 5. The third kappa shape index (κ3) is 6.23. The zero-order chi connectivity index (χ0) is 14.8. The molecule has 0 unspecified atom stereocenters. The minimum Gasteiger partial charge on any atom is -0.476 e. The average molecular weight is 299 g/mol. The van der Waals surface area contributed by atoms with Crippen LogP contribution in [0.4, 0.5) is 4.79 Å². The topological polar surface area (TPSA) is 109 Å². The van der Waals surface area contributed by atoms with Gasteiger partial charge in [0.2, 0.25) is 0 Å². The van der Waals surface area contributed by atoms with Crippen molar-refractivity contribution < 1.29 is 14.7 Å². The number of rotatable bonds is 9. The molecule has 0 aliphatic carbocycles. The first-order valence-electron chi connectivity index (χ1n) is 5.97. The van der Waals surface area contributed by atoms with Crippen molar-refractivity contribution in [1.29, 1.82) is 0 Å². The zero-order valence-electron chi connectivity index (χ0n) is 10.9. The van der Waals surface area contributed by atoms with E-state index in [-0.39, 0.29) is 11.7 Å². The Labute approximate surface area is 120 Å². The fraction of sp³-hybridized carbons (Fsp3) is 0.455. The Morgan fingerprint density at radius 2 is 2.20 bits per heavy atom. The summed E-state index contributed by atoms with van der Waals surface area (Å²) in [5.74, 6) is 0.561. The molecule has 3 N–H and O–H groups in total.